The maximum absolute atomic E-state index is 10.9. The van der Waals surface area contributed by atoms with Crippen molar-refractivity contribution in [2.24, 2.45) is 11.8 Å². The molecular weight excluding hydrogens is 244 g/mol. The maximum Gasteiger partial charge on any atom is 0.271 e. The number of benzene rings is 1. The van der Waals surface area contributed by atoms with Gasteiger partial charge in [-0.1, -0.05) is 0 Å². The number of rotatable bonds is 6. The predicted octanol–water partition coefficient (Wildman–Crippen LogP) is 3.20. The lowest BCUT2D eigenvalue weighted by atomic mass is 10.1. The standard InChI is InChI=1S/C14H18N2O3/c1-19-13-7-6-11(16(17)18)8-12(13)15-14(9-2-3-9)10-4-5-10/h6-10,14-15H,2-5H2,1H3. The first kappa shape index (κ1) is 12.3. The molecule has 3 rings (SSSR count). The average molecular weight is 262 g/mol. The Hall–Kier alpha value is -1.78. The van der Waals surface area contributed by atoms with Crippen molar-refractivity contribution in [3.63, 3.8) is 0 Å². The fraction of sp³-hybridized carbons (Fsp3) is 0.571. The van der Waals surface area contributed by atoms with Crippen LogP contribution >= 0.6 is 0 Å². The van der Waals surface area contributed by atoms with E-state index in [-0.39, 0.29) is 10.6 Å². The van der Waals surface area contributed by atoms with Gasteiger partial charge in [-0.05, 0) is 43.6 Å². The van der Waals surface area contributed by atoms with E-state index < -0.39 is 0 Å². The highest BCUT2D eigenvalue weighted by atomic mass is 16.6. The van der Waals surface area contributed by atoms with Gasteiger partial charge in [0.2, 0.25) is 0 Å². The molecule has 102 valence electrons. The van der Waals surface area contributed by atoms with Crippen LogP contribution in [0.4, 0.5) is 11.4 Å². The number of ether oxygens (including phenoxy) is 1. The Bertz CT molecular complexity index is 483. The summed E-state index contributed by atoms with van der Waals surface area (Å²) in [6.07, 6.45) is 5.08. The van der Waals surface area contributed by atoms with Gasteiger partial charge in [0.05, 0.1) is 17.7 Å². The second-order valence-electron chi connectivity index (χ2n) is 5.49. The quantitative estimate of drug-likeness (QED) is 0.631. The Kier molecular flexibility index (Phi) is 3.05. The van der Waals surface area contributed by atoms with Gasteiger partial charge in [-0.3, -0.25) is 10.1 Å². The van der Waals surface area contributed by atoms with E-state index in [1.807, 2.05) is 0 Å². The van der Waals surface area contributed by atoms with Crippen LogP contribution in [0.5, 0.6) is 5.75 Å². The molecule has 5 heteroatoms. The lowest BCUT2D eigenvalue weighted by Crippen LogP contribution is -2.24. The fourth-order valence-corrected chi connectivity index (χ4v) is 2.63. The smallest absolute Gasteiger partial charge is 0.271 e. The predicted molar refractivity (Wildman–Crippen MR) is 72.5 cm³/mol. The number of hydrogen-bond donors (Lipinski definition) is 1. The molecule has 0 atom stereocenters. The van der Waals surface area contributed by atoms with E-state index in [0.717, 1.165) is 17.5 Å². The molecule has 0 saturated heterocycles. The topological polar surface area (TPSA) is 64.4 Å². The molecule has 19 heavy (non-hydrogen) atoms. The minimum absolute atomic E-state index is 0.105. The van der Waals surface area contributed by atoms with Gasteiger partial charge in [0, 0.05) is 18.2 Å². The monoisotopic (exact) mass is 262 g/mol. The summed E-state index contributed by atoms with van der Waals surface area (Å²) < 4.78 is 5.30. The maximum atomic E-state index is 10.9. The van der Waals surface area contributed by atoms with Crippen LogP contribution in [0, 0.1) is 22.0 Å². The number of nitro groups is 1. The first-order valence-electron chi connectivity index (χ1n) is 6.78. The molecule has 0 radical (unpaired) electrons. The van der Waals surface area contributed by atoms with Gasteiger partial charge in [-0.25, -0.2) is 0 Å². The Morgan fingerprint density at radius 1 is 1.32 bits per heavy atom. The Labute approximate surface area is 112 Å². The van der Waals surface area contributed by atoms with Crippen LogP contribution in [0.25, 0.3) is 0 Å². The molecule has 0 heterocycles. The summed E-state index contributed by atoms with van der Waals surface area (Å²) in [5.41, 5.74) is 0.856. The molecular formula is C14H18N2O3. The number of methoxy groups -OCH3 is 1. The minimum atomic E-state index is -0.367. The van der Waals surface area contributed by atoms with Crippen LogP contribution < -0.4 is 10.1 Å². The van der Waals surface area contributed by atoms with Crippen molar-refractivity contribution in [2.45, 2.75) is 31.7 Å². The third-order valence-corrected chi connectivity index (χ3v) is 3.98. The van der Waals surface area contributed by atoms with Gasteiger partial charge in [0.1, 0.15) is 5.75 Å². The lowest BCUT2D eigenvalue weighted by Gasteiger charge is -2.20. The van der Waals surface area contributed by atoms with E-state index in [1.54, 1.807) is 19.2 Å². The number of nitrogens with zero attached hydrogens (tertiary/aromatic N) is 1. The largest absolute Gasteiger partial charge is 0.495 e. The lowest BCUT2D eigenvalue weighted by molar-refractivity contribution is -0.384. The second kappa shape index (κ2) is 4.72. The van der Waals surface area contributed by atoms with Crippen molar-refractivity contribution in [3.8, 4) is 5.75 Å². The van der Waals surface area contributed by atoms with Gasteiger partial charge in [-0.2, -0.15) is 0 Å². The highest BCUT2D eigenvalue weighted by Crippen LogP contribution is 2.46. The third kappa shape index (κ3) is 2.64. The van der Waals surface area contributed by atoms with Crippen LogP contribution in [-0.2, 0) is 0 Å². The van der Waals surface area contributed by atoms with E-state index in [2.05, 4.69) is 5.32 Å². The van der Waals surface area contributed by atoms with Crippen molar-refractivity contribution >= 4 is 11.4 Å². The molecule has 0 aliphatic heterocycles. The molecule has 1 aromatic carbocycles. The SMILES string of the molecule is COc1ccc([N+](=O)[O-])cc1NC(C1CC1)C1CC1. The van der Waals surface area contributed by atoms with Gasteiger partial charge in [-0.15, -0.1) is 0 Å². The van der Waals surface area contributed by atoms with Crippen molar-refractivity contribution in [2.75, 3.05) is 12.4 Å². The number of nitro benzene ring substituents is 1. The minimum Gasteiger partial charge on any atom is -0.495 e. The molecule has 2 fully saturated rings. The average Bonchev–Trinajstić information content (AvgIpc) is 3.29. The number of non-ortho nitro benzene ring substituents is 1. The van der Waals surface area contributed by atoms with Gasteiger partial charge in [0.25, 0.3) is 5.69 Å². The zero-order valence-corrected chi connectivity index (χ0v) is 11.0. The Balaban J connectivity index is 1.84. The van der Waals surface area contributed by atoms with E-state index in [0.29, 0.717) is 11.8 Å². The van der Waals surface area contributed by atoms with Crippen LogP contribution in [-0.4, -0.2) is 18.1 Å². The van der Waals surface area contributed by atoms with Crippen LogP contribution in [0.2, 0.25) is 0 Å². The molecule has 0 unspecified atom stereocenters. The highest BCUT2D eigenvalue weighted by molar-refractivity contribution is 5.62. The van der Waals surface area contributed by atoms with Crippen molar-refractivity contribution in [1.29, 1.82) is 0 Å². The Morgan fingerprint density at radius 3 is 2.42 bits per heavy atom. The molecule has 2 aliphatic carbocycles. The van der Waals surface area contributed by atoms with Crippen LogP contribution in [0.15, 0.2) is 18.2 Å². The van der Waals surface area contributed by atoms with Crippen molar-refractivity contribution < 1.29 is 9.66 Å². The summed E-state index contributed by atoms with van der Waals surface area (Å²) in [6.45, 7) is 0. The van der Waals surface area contributed by atoms with Gasteiger partial charge in [0.15, 0.2) is 0 Å². The van der Waals surface area contributed by atoms with E-state index in [9.17, 15) is 10.1 Å². The summed E-state index contributed by atoms with van der Waals surface area (Å²) in [5, 5.41) is 14.4. The van der Waals surface area contributed by atoms with E-state index in [4.69, 9.17) is 4.74 Å². The molecule has 0 spiro atoms. The summed E-state index contributed by atoms with van der Waals surface area (Å²) in [5.74, 6) is 2.14. The molecule has 2 saturated carbocycles. The summed E-state index contributed by atoms with van der Waals surface area (Å²) >= 11 is 0. The zero-order valence-electron chi connectivity index (χ0n) is 11.0. The zero-order chi connectivity index (χ0) is 13.4. The van der Waals surface area contributed by atoms with Gasteiger partial charge < -0.3 is 10.1 Å². The fourth-order valence-electron chi connectivity index (χ4n) is 2.63. The summed E-state index contributed by atoms with van der Waals surface area (Å²) in [6, 6.07) is 5.18. The molecule has 2 aliphatic rings. The summed E-state index contributed by atoms with van der Waals surface area (Å²) in [7, 11) is 1.59. The molecule has 1 N–H and O–H groups in total. The van der Waals surface area contributed by atoms with E-state index in [1.165, 1.54) is 31.7 Å². The number of anilines is 1. The van der Waals surface area contributed by atoms with Gasteiger partial charge >= 0.3 is 0 Å². The molecule has 0 aromatic heterocycles. The van der Waals surface area contributed by atoms with Crippen molar-refractivity contribution in [1.82, 2.24) is 0 Å². The number of hydrogen-bond acceptors (Lipinski definition) is 4. The number of nitrogens with one attached hydrogen (secondary N) is 1. The first-order valence-corrected chi connectivity index (χ1v) is 6.78. The molecule has 1 aromatic rings. The van der Waals surface area contributed by atoms with Crippen LogP contribution in [0.3, 0.4) is 0 Å². The van der Waals surface area contributed by atoms with Crippen molar-refractivity contribution in [3.05, 3.63) is 28.3 Å². The Morgan fingerprint density at radius 2 is 1.95 bits per heavy atom. The van der Waals surface area contributed by atoms with Crippen LogP contribution in [0.1, 0.15) is 25.7 Å². The normalized spacial score (nSPS) is 18.4. The summed E-state index contributed by atoms with van der Waals surface area (Å²) in [4.78, 5) is 10.5. The van der Waals surface area contributed by atoms with E-state index >= 15 is 0 Å². The second-order valence-corrected chi connectivity index (χ2v) is 5.49. The molecule has 0 bridgehead atoms. The highest BCUT2D eigenvalue weighted by Gasteiger charge is 2.41. The molecule has 5 nitrogen and oxygen atoms in total. The molecule has 0 amide bonds. The third-order valence-electron chi connectivity index (χ3n) is 3.98. The first-order chi connectivity index (χ1) is 9.19.